The first-order valence-corrected chi connectivity index (χ1v) is 7.42. The van der Waals surface area contributed by atoms with Crippen LogP contribution in [0.5, 0.6) is 11.5 Å². The van der Waals surface area contributed by atoms with Gasteiger partial charge in [-0.2, -0.15) is 5.10 Å². The van der Waals surface area contributed by atoms with Crippen LogP contribution in [0.4, 0.5) is 0 Å². The molecule has 3 N–H and O–H groups in total. The number of hydrogen-bond acceptors (Lipinski definition) is 5. The molecular weight excluding hydrogens is 314 g/mol. The Hall–Kier alpha value is -3.03. The number of aromatic nitrogens is 2. The van der Waals surface area contributed by atoms with Crippen molar-refractivity contribution >= 4 is 11.9 Å². The number of aliphatic carboxylic acids is 1. The Morgan fingerprint density at radius 1 is 1.29 bits per heavy atom. The lowest BCUT2D eigenvalue weighted by Gasteiger charge is -2.21. The van der Waals surface area contributed by atoms with E-state index in [9.17, 15) is 14.7 Å². The van der Waals surface area contributed by atoms with Gasteiger partial charge in [-0.3, -0.25) is 9.89 Å². The Labute approximate surface area is 137 Å². The molecule has 1 aromatic heterocycles. The van der Waals surface area contributed by atoms with E-state index in [2.05, 4.69) is 15.5 Å². The molecule has 3 rings (SSSR count). The molecule has 2 aromatic rings. The fraction of sp³-hybridized carbons (Fsp3) is 0.312. The number of nitrogens with one attached hydrogen (secondary N) is 2. The smallest absolute Gasteiger partial charge is 0.331 e. The number of para-hydroxylation sites is 1. The van der Waals surface area contributed by atoms with Crippen LogP contribution in [-0.2, 0) is 4.79 Å². The molecule has 1 unspecified atom stereocenters. The molecule has 0 radical (unpaired) electrons. The van der Waals surface area contributed by atoms with E-state index in [1.54, 1.807) is 32.0 Å². The maximum Gasteiger partial charge on any atom is 0.331 e. The highest BCUT2D eigenvalue weighted by molar-refractivity contribution is 6.00. The number of rotatable bonds is 4. The largest absolute Gasteiger partial charge is 0.486 e. The third-order valence-electron chi connectivity index (χ3n) is 3.81. The molecule has 24 heavy (non-hydrogen) atoms. The van der Waals surface area contributed by atoms with Gasteiger partial charge in [0.15, 0.2) is 17.5 Å². The zero-order chi connectivity index (χ0) is 17.3. The molecule has 126 valence electrons. The van der Waals surface area contributed by atoms with Gasteiger partial charge in [-0.1, -0.05) is 6.07 Å². The summed E-state index contributed by atoms with van der Waals surface area (Å²) in [5, 5.41) is 18.8. The number of carbonyl (C=O) groups is 2. The van der Waals surface area contributed by atoms with Crippen LogP contribution in [0.15, 0.2) is 18.2 Å². The average molecular weight is 331 g/mol. The van der Waals surface area contributed by atoms with E-state index < -0.39 is 17.9 Å². The van der Waals surface area contributed by atoms with Gasteiger partial charge >= 0.3 is 5.97 Å². The second-order valence-electron chi connectivity index (χ2n) is 5.42. The van der Waals surface area contributed by atoms with Crippen molar-refractivity contribution in [1.82, 2.24) is 15.5 Å². The summed E-state index contributed by atoms with van der Waals surface area (Å²) in [6.45, 7) is 4.13. The molecule has 0 saturated heterocycles. The Morgan fingerprint density at radius 2 is 2.04 bits per heavy atom. The molecule has 1 amide bonds. The quantitative estimate of drug-likeness (QED) is 0.779. The second kappa shape index (κ2) is 6.23. The minimum Gasteiger partial charge on any atom is -0.486 e. The number of aryl methyl sites for hydroxylation is 2. The van der Waals surface area contributed by atoms with Crippen LogP contribution in [-0.4, -0.2) is 40.4 Å². The first kappa shape index (κ1) is 15.9. The topological polar surface area (TPSA) is 114 Å². The Kier molecular flexibility index (Phi) is 4.11. The molecule has 8 heteroatoms. The highest BCUT2D eigenvalue weighted by Crippen LogP contribution is 2.34. The molecule has 1 aliphatic rings. The molecular formula is C16H17N3O5. The van der Waals surface area contributed by atoms with E-state index in [1.807, 2.05) is 0 Å². The number of aromatic amines is 1. The molecule has 0 saturated carbocycles. The van der Waals surface area contributed by atoms with Crippen LogP contribution in [0.1, 0.15) is 33.4 Å². The fourth-order valence-electron chi connectivity index (χ4n) is 2.70. The Bertz CT molecular complexity index is 780. The van der Waals surface area contributed by atoms with Gasteiger partial charge in [-0.25, -0.2) is 4.79 Å². The minimum atomic E-state index is -1.21. The maximum atomic E-state index is 12.6. The molecule has 2 heterocycles. The monoisotopic (exact) mass is 331 g/mol. The van der Waals surface area contributed by atoms with Crippen molar-refractivity contribution in [3.63, 3.8) is 0 Å². The Morgan fingerprint density at radius 3 is 2.71 bits per heavy atom. The molecule has 0 aliphatic carbocycles. The van der Waals surface area contributed by atoms with E-state index >= 15 is 0 Å². The number of ether oxygens (including phenoxy) is 2. The van der Waals surface area contributed by atoms with E-state index in [0.29, 0.717) is 41.7 Å². The summed E-state index contributed by atoms with van der Waals surface area (Å²) in [5.41, 5.74) is 1.79. The van der Waals surface area contributed by atoms with E-state index in [-0.39, 0.29) is 5.56 Å². The Balaban J connectivity index is 1.92. The van der Waals surface area contributed by atoms with E-state index in [1.165, 1.54) is 0 Å². The standard InChI is InChI=1S/C16H17N3O5/c1-8-12(9(2)19-18-8)13(16(21)22)17-15(20)10-4-3-5-11-14(10)24-7-6-23-11/h3-5,13H,6-7H2,1-2H3,(H,17,20)(H,18,19)(H,21,22). The fourth-order valence-corrected chi connectivity index (χ4v) is 2.70. The third-order valence-corrected chi connectivity index (χ3v) is 3.81. The number of hydrogen-bond donors (Lipinski definition) is 3. The number of carbonyl (C=O) groups excluding carboxylic acids is 1. The summed E-state index contributed by atoms with van der Waals surface area (Å²) < 4.78 is 10.9. The number of fused-ring (bicyclic) bond motifs is 1. The van der Waals surface area contributed by atoms with E-state index in [0.717, 1.165) is 0 Å². The predicted molar refractivity (Wildman–Crippen MR) is 83.3 cm³/mol. The van der Waals surface area contributed by atoms with Gasteiger partial charge in [0.05, 0.1) is 11.3 Å². The first-order valence-electron chi connectivity index (χ1n) is 7.42. The van der Waals surface area contributed by atoms with Crippen LogP contribution in [0.25, 0.3) is 0 Å². The van der Waals surface area contributed by atoms with Crippen LogP contribution in [0.2, 0.25) is 0 Å². The van der Waals surface area contributed by atoms with Crippen molar-refractivity contribution in [3.05, 3.63) is 40.7 Å². The van der Waals surface area contributed by atoms with Crippen LogP contribution in [0, 0.1) is 13.8 Å². The predicted octanol–water partition coefficient (Wildman–Crippen LogP) is 1.35. The summed E-state index contributed by atoms with van der Waals surface area (Å²) in [5.74, 6) is -0.926. The molecule has 1 aromatic carbocycles. The highest BCUT2D eigenvalue weighted by Gasteiger charge is 2.29. The van der Waals surface area contributed by atoms with Crippen molar-refractivity contribution in [3.8, 4) is 11.5 Å². The first-order chi connectivity index (χ1) is 11.5. The van der Waals surface area contributed by atoms with Crippen molar-refractivity contribution in [2.75, 3.05) is 13.2 Å². The van der Waals surface area contributed by atoms with Crippen LogP contribution >= 0.6 is 0 Å². The van der Waals surface area contributed by atoms with Crippen molar-refractivity contribution < 1.29 is 24.2 Å². The van der Waals surface area contributed by atoms with Gasteiger partial charge in [0.25, 0.3) is 5.91 Å². The normalized spacial score (nSPS) is 14.1. The van der Waals surface area contributed by atoms with Crippen molar-refractivity contribution in [1.29, 1.82) is 0 Å². The summed E-state index contributed by atoms with van der Waals surface area (Å²) in [7, 11) is 0. The lowest BCUT2D eigenvalue weighted by molar-refractivity contribution is -0.139. The molecule has 0 spiro atoms. The number of H-pyrrole nitrogens is 1. The lowest BCUT2D eigenvalue weighted by atomic mass is 10.0. The van der Waals surface area contributed by atoms with Gasteiger partial charge in [0, 0.05) is 11.3 Å². The average Bonchev–Trinajstić information content (AvgIpc) is 2.90. The summed E-state index contributed by atoms with van der Waals surface area (Å²) >= 11 is 0. The lowest BCUT2D eigenvalue weighted by Crippen LogP contribution is -2.35. The van der Waals surface area contributed by atoms with Crippen molar-refractivity contribution in [2.45, 2.75) is 19.9 Å². The molecule has 1 atom stereocenters. The summed E-state index contributed by atoms with van der Waals surface area (Å²) in [4.78, 5) is 24.3. The molecule has 8 nitrogen and oxygen atoms in total. The minimum absolute atomic E-state index is 0.234. The van der Waals surface area contributed by atoms with Gasteiger partial charge in [0.1, 0.15) is 13.2 Å². The van der Waals surface area contributed by atoms with E-state index in [4.69, 9.17) is 9.47 Å². The maximum absolute atomic E-state index is 12.6. The van der Waals surface area contributed by atoms with Gasteiger partial charge in [-0.15, -0.1) is 0 Å². The third kappa shape index (κ3) is 2.78. The van der Waals surface area contributed by atoms with Crippen LogP contribution in [0.3, 0.4) is 0 Å². The van der Waals surface area contributed by atoms with Crippen LogP contribution < -0.4 is 14.8 Å². The number of carboxylic acid groups (broad SMARTS) is 1. The zero-order valence-corrected chi connectivity index (χ0v) is 13.3. The summed E-state index contributed by atoms with van der Waals surface area (Å²) in [6, 6.07) is 3.71. The molecule has 1 aliphatic heterocycles. The highest BCUT2D eigenvalue weighted by atomic mass is 16.6. The van der Waals surface area contributed by atoms with Crippen molar-refractivity contribution in [2.24, 2.45) is 0 Å². The number of amides is 1. The molecule has 0 fully saturated rings. The molecule has 0 bridgehead atoms. The number of benzene rings is 1. The zero-order valence-electron chi connectivity index (χ0n) is 13.3. The van der Waals surface area contributed by atoms with Gasteiger partial charge in [0.2, 0.25) is 0 Å². The number of carboxylic acids is 1. The summed E-state index contributed by atoms with van der Waals surface area (Å²) in [6.07, 6.45) is 0. The van der Waals surface area contributed by atoms with Gasteiger partial charge < -0.3 is 19.9 Å². The SMILES string of the molecule is Cc1n[nH]c(C)c1C(NC(=O)c1cccc2c1OCCO2)C(=O)O. The second-order valence-corrected chi connectivity index (χ2v) is 5.42. The number of nitrogens with zero attached hydrogens (tertiary/aromatic N) is 1. The van der Waals surface area contributed by atoms with Gasteiger partial charge in [-0.05, 0) is 26.0 Å².